The molecule has 0 radical (unpaired) electrons. The van der Waals surface area contributed by atoms with Crippen molar-refractivity contribution in [2.45, 2.75) is 52.2 Å². The smallest absolute Gasteiger partial charge is 0.409 e. The van der Waals surface area contributed by atoms with Gasteiger partial charge in [0.05, 0.1) is 18.6 Å². The SMILES string of the molecule is CCOC(=O)N1CCN(C[C@@H]2C(=O)O[C@@H]3CC4=CCC[C@H](C)[C@@]4(C)[C@H](O)[C@H]23)CC1. The highest BCUT2D eigenvalue weighted by molar-refractivity contribution is 5.76. The molecular weight excluding hydrogens is 372 g/mol. The van der Waals surface area contributed by atoms with Crippen LogP contribution in [0.5, 0.6) is 0 Å². The lowest BCUT2D eigenvalue weighted by molar-refractivity contribution is -0.145. The zero-order valence-electron chi connectivity index (χ0n) is 17.8. The van der Waals surface area contributed by atoms with Crippen molar-refractivity contribution in [3.8, 4) is 0 Å². The van der Waals surface area contributed by atoms with Crippen LogP contribution in [0.25, 0.3) is 0 Å². The first-order chi connectivity index (χ1) is 13.9. The molecule has 4 aliphatic rings. The minimum absolute atomic E-state index is 0.159. The Morgan fingerprint density at radius 1 is 1.34 bits per heavy atom. The molecule has 6 atom stereocenters. The average molecular weight is 407 g/mol. The fraction of sp³-hybridized carbons (Fsp3) is 0.818. The number of esters is 1. The topological polar surface area (TPSA) is 79.3 Å². The molecule has 0 unspecified atom stereocenters. The van der Waals surface area contributed by atoms with Crippen LogP contribution < -0.4 is 0 Å². The maximum atomic E-state index is 12.7. The van der Waals surface area contributed by atoms with Crippen LogP contribution in [0.2, 0.25) is 0 Å². The van der Waals surface area contributed by atoms with E-state index >= 15 is 0 Å². The van der Waals surface area contributed by atoms with E-state index in [1.807, 2.05) is 0 Å². The quantitative estimate of drug-likeness (QED) is 0.571. The third kappa shape index (κ3) is 3.46. The third-order valence-electron chi connectivity index (χ3n) is 7.92. The molecule has 2 aliphatic heterocycles. The molecule has 162 valence electrons. The maximum Gasteiger partial charge on any atom is 0.409 e. The molecular formula is C22H34N2O5. The Kier molecular flexibility index (Phi) is 5.64. The maximum absolute atomic E-state index is 12.7. The molecule has 1 N–H and O–H groups in total. The number of amides is 1. The number of fused-ring (bicyclic) bond motifs is 2. The van der Waals surface area contributed by atoms with Gasteiger partial charge in [0.2, 0.25) is 0 Å². The van der Waals surface area contributed by atoms with Crippen molar-refractivity contribution in [3.63, 3.8) is 0 Å². The monoisotopic (exact) mass is 406 g/mol. The standard InChI is InChI=1S/C22H34N2O5/c1-4-28-21(27)24-10-8-23(9-11-24)13-16-18-17(29-20(16)26)12-15-7-5-6-14(2)22(15,3)19(18)25/h7,14,16-19,25H,4-6,8-13H2,1-3H3/t14-,16-,17+,18+,19+,22+/m0/s1. The van der Waals surface area contributed by atoms with Crippen molar-refractivity contribution < 1.29 is 24.2 Å². The summed E-state index contributed by atoms with van der Waals surface area (Å²) in [6.07, 6.45) is 4.07. The van der Waals surface area contributed by atoms with Gasteiger partial charge in [-0.3, -0.25) is 9.69 Å². The zero-order chi connectivity index (χ0) is 20.8. The van der Waals surface area contributed by atoms with Crippen LogP contribution in [-0.2, 0) is 14.3 Å². The molecule has 3 fully saturated rings. The molecule has 0 aromatic heterocycles. The fourth-order valence-electron chi connectivity index (χ4n) is 5.88. The Hall–Kier alpha value is -1.60. The highest BCUT2D eigenvalue weighted by Gasteiger charge is 2.59. The average Bonchev–Trinajstić information content (AvgIpc) is 3.00. The van der Waals surface area contributed by atoms with Crippen LogP contribution >= 0.6 is 0 Å². The van der Waals surface area contributed by atoms with Gasteiger partial charge in [-0.05, 0) is 25.7 Å². The van der Waals surface area contributed by atoms with Crippen LogP contribution in [0.4, 0.5) is 4.79 Å². The molecule has 2 aliphatic carbocycles. The predicted molar refractivity (Wildman–Crippen MR) is 107 cm³/mol. The lowest BCUT2D eigenvalue weighted by Gasteiger charge is -2.52. The molecule has 1 amide bonds. The predicted octanol–water partition coefficient (Wildman–Crippen LogP) is 2.05. The molecule has 4 rings (SSSR count). The number of aliphatic hydroxyl groups is 1. The largest absolute Gasteiger partial charge is 0.461 e. The summed E-state index contributed by atoms with van der Waals surface area (Å²) < 4.78 is 10.8. The van der Waals surface area contributed by atoms with Crippen molar-refractivity contribution in [1.29, 1.82) is 0 Å². The second-order valence-corrected chi connectivity index (χ2v) is 9.29. The van der Waals surface area contributed by atoms with E-state index in [2.05, 4.69) is 24.8 Å². The molecule has 0 aromatic carbocycles. The molecule has 0 aromatic rings. The van der Waals surface area contributed by atoms with Gasteiger partial charge in [0.1, 0.15) is 6.10 Å². The summed E-state index contributed by atoms with van der Waals surface area (Å²) in [5.74, 6) is -0.254. The van der Waals surface area contributed by atoms with Crippen molar-refractivity contribution >= 4 is 12.1 Å². The number of carbonyl (C=O) groups excluding carboxylic acids is 2. The van der Waals surface area contributed by atoms with Gasteiger partial charge in [0.15, 0.2) is 0 Å². The van der Waals surface area contributed by atoms with Gasteiger partial charge in [0, 0.05) is 50.5 Å². The van der Waals surface area contributed by atoms with Gasteiger partial charge in [-0.15, -0.1) is 0 Å². The van der Waals surface area contributed by atoms with Crippen molar-refractivity contribution in [3.05, 3.63) is 11.6 Å². The minimum atomic E-state index is -0.569. The first-order valence-corrected chi connectivity index (χ1v) is 11.1. The number of rotatable bonds is 3. The number of hydrogen-bond donors (Lipinski definition) is 1. The van der Waals surface area contributed by atoms with Gasteiger partial charge < -0.3 is 19.5 Å². The first kappa shape index (κ1) is 20.7. The zero-order valence-corrected chi connectivity index (χ0v) is 17.8. The number of nitrogens with zero attached hydrogens (tertiary/aromatic N) is 2. The molecule has 2 saturated heterocycles. The summed E-state index contributed by atoms with van der Waals surface area (Å²) in [7, 11) is 0. The van der Waals surface area contributed by atoms with E-state index in [1.165, 1.54) is 5.57 Å². The molecule has 2 heterocycles. The Balaban J connectivity index is 1.44. The lowest BCUT2D eigenvalue weighted by Crippen LogP contribution is -2.56. The van der Waals surface area contributed by atoms with Crippen LogP contribution in [0.1, 0.15) is 40.0 Å². The van der Waals surface area contributed by atoms with Crippen molar-refractivity contribution in [2.24, 2.45) is 23.2 Å². The van der Waals surface area contributed by atoms with E-state index in [9.17, 15) is 14.7 Å². The molecule has 0 spiro atoms. The van der Waals surface area contributed by atoms with E-state index in [0.29, 0.717) is 45.2 Å². The van der Waals surface area contributed by atoms with Gasteiger partial charge in [-0.25, -0.2) is 4.79 Å². The van der Waals surface area contributed by atoms with Crippen LogP contribution in [0, 0.1) is 23.2 Å². The highest BCUT2D eigenvalue weighted by atomic mass is 16.6. The van der Waals surface area contributed by atoms with Crippen LogP contribution in [0.3, 0.4) is 0 Å². The van der Waals surface area contributed by atoms with E-state index in [1.54, 1.807) is 11.8 Å². The van der Waals surface area contributed by atoms with Gasteiger partial charge in [0.25, 0.3) is 0 Å². The summed E-state index contributed by atoms with van der Waals surface area (Å²) in [6, 6.07) is 0. The Morgan fingerprint density at radius 2 is 2.07 bits per heavy atom. The van der Waals surface area contributed by atoms with Crippen molar-refractivity contribution in [1.82, 2.24) is 9.80 Å². The number of hydrogen-bond acceptors (Lipinski definition) is 6. The molecule has 7 heteroatoms. The molecule has 0 bridgehead atoms. The van der Waals surface area contributed by atoms with E-state index in [0.717, 1.165) is 19.3 Å². The van der Waals surface area contributed by atoms with Gasteiger partial charge in [-0.2, -0.15) is 0 Å². The highest BCUT2D eigenvalue weighted by Crippen LogP contribution is 2.56. The number of carbonyl (C=O) groups is 2. The third-order valence-corrected chi connectivity index (χ3v) is 7.92. The normalized spacial score (nSPS) is 40.0. The summed E-state index contributed by atoms with van der Waals surface area (Å²) in [5, 5.41) is 11.4. The number of allylic oxidation sites excluding steroid dienone is 1. The first-order valence-electron chi connectivity index (χ1n) is 11.1. The summed E-state index contributed by atoms with van der Waals surface area (Å²) in [5.41, 5.74) is 0.996. The van der Waals surface area contributed by atoms with Crippen LogP contribution in [-0.4, -0.2) is 78.5 Å². The summed E-state index contributed by atoms with van der Waals surface area (Å²) in [6.45, 7) is 9.75. The number of aliphatic hydroxyl groups excluding tert-OH is 1. The molecule has 29 heavy (non-hydrogen) atoms. The van der Waals surface area contributed by atoms with Gasteiger partial charge in [-0.1, -0.05) is 25.5 Å². The Bertz CT molecular complexity index is 687. The minimum Gasteiger partial charge on any atom is -0.461 e. The molecule has 1 saturated carbocycles. The van der Waals surface area contributed by atoms with Gasteiger partial charge >= 0.3 is 12.1 Å². The van der Waals surface area contributed by atoms with Crippen molar-refractivity contribution in [2.75, 3.05) is 39.3 Å². The van der Waals surface area contributed by atoms with Crippen LogP contribution in [0.15, 0.2) is 11.6 Å². The number of ether oxygens (including phenoxy) is 2. The Labute approximate surface area is 173 Å². The van der Waals surface area contributed by atoms with E-state index in [4.69, 9.17) is 9.47 Å². The fourth-order valence-corrected chi connectivity index (χ4v) is 5.88. The summed E-state index contributed by atoms with van der Waals surface area (Å²) in [4.78, 5) is 28.6. The second-order valence-electron chi connectivity index (χ2n) is 9.29. The number of piperazine rings is 1. The summed E-state index contributed by atoms with van der Waals surface area (Å²) >= 11 is 0. The molecule has 7 nitrogen and oxygen atoms in total. The van der Waals surface area contributed by atoms with E-state index in [-0.39, 0.29) is 35.4 Å². The Morgan fingerprint density at radius 3 is 2.76 bits per heavy atom. The second kappa shape index (κ2) is 7.91. The lowest BCUT2D eigenvalue weighted by atomic mass is 9.55. The van der Waals surface area contributed by atoms with E-state index < -0.39 is 6.10 Å².